The van der Waals surface area contributed by atoms with Crippen molar-refractivity contribution in [3.05, 3.63) is 22.4 Å². The minimum atomic E-state index is -0.603. The van der Waals surface area contributed by atoms with Crippen molar-refractivity contribution in [2.75, 3.05) is 12.3 Å². The van der Waals surface area contributed by atoms with E-state index >= 15 is 0 Å². The molecule has 0 aliphatic rings. The molecule has 0 fully saturated rings. The van der Waals surface area contributed by atoms with Crippen molar-refractivity contribution >= 4 is 23.3 Å². The van der Waals surface area contributed by atoms with Crippen molar-refractivity contribution in [3.8, 4) is 0 Å². The van der Waals surface area contributed by atoms with E-state index in [-0.39, 0.29) is 29.6 Å². The van der Waals surface area contributed by atoms with Gasteiger partial charge in [0.15, 0.2) is 11.4 Å². The average molecular weight is 279 g/mol. The number of aromatic nitrogens is 4. The minimum Gasteiger partial charge on any atom is -0.461 e. The highest BCUT2D eigenvalue weighted by molar-refractivity contribution is 5.91. The summed E-state index contributed by atoms with van der Waals surface area (Å²) in [4.78, 5) is 29.7. The van der Waals surface area contributed by atoms with E-state index in [9.17, 15) is 9.59 Å². The lowest BCUT2D eigenvalue weighted by atomic mass is 10.4. The van der Waals surface area contributed by atoms with Crippen molar-refractivity contribution in [3.63, 3.8) is 0 Å². The van der Waals surface area contributed by atoms with E-state index in [2.05, 4.69) is 25.3 Å². The van der Waals surface area contributed by atoms with Crippen molar-refractivity contribution in [1.29, 1.82) is 0 Å². The van der Waals surface area contributed by atoms with Crippen molar-refractivity contribution in [1.82, 2.24) is 19.7 Å². The Balaban J connectivity index is 2.31. The maximum absolute atomic E-state index is 11.6. The van der Waals surface area contributed by atoms with Crippen LogP contribution in [0.1, 0.15) is 17.4 Å². The van der Waals surface area contributed by atoms with Crippen LogP contribution < -0.4 is 11.3 Å². The second-order valence-electron chi connectivity index (χ2n) is 3.76. The number of anilines is 1. The summed E-state index contributed by atoms with van der Waals surface area (Å²) in [6.07, 6.45) is 1.28. The fourth-order valence-electron chi connectivity index (χ4n) is 1.47. The third kappa shape index (κ3) is 2.43. The molecule has 0 saturated carbocycles. The van der Waals surface area contributed by atoms with Crippen LogP contribution in [0.2, 0.25) is 0 Å². The number of hydrogen-bond acceptors (Lipinski definition) is 7. The number of ether oxygens (including phenoxy) is 1. The summed E-state index contributed by atoms with van der Waals surface area (Å²) < 4.78 is 5.99. The number of carbonyl (C=O) groups excluding carboxylic acids is 1. The number of azo groups is 1. The topological polar surface area (TPSA) is 144 Å². The predicted molar refractivity (Wildman–Crippen MR) is 69.2 cm³/mol. The zero-order valence-electron chi connectivity index (χ0n) is 10.9. The molecule has 20 heavy (non-hydrogen) atoms. The van der Waals surface area contributed by atoms with Crippen LogP contribution in [0.4, 0.5) is 17.3 Å². The van der Waals surface area contributed by atoms with Crippen LogP contribution in [-0.2, 0) is 11.8 Å². The van der Waals surface area contributed by atoms with Crippen LogP contribution in [0.15, 0.2) is 21.4 Å². The Labute approximate surface area is 112 Å². The maximum atomic E-state index is 11.6. The fourth-order valence-corrected chi connectivity index (χ4v) is 1.47. The molecule has 0 aliphatic carbocycles. The molecule has 0 spiro atoms. The molecule has 0 aliphatic heterocycles. The molecule has 106 valence electrons. The molecule has 2 rings (SSSR count). The molecule has 10 heteroatoms. The first-order valence-electron chi connectivity index (χ1n) is 5.71. The van der Waals surface area contributed by atoms with Gasteiger partial charge in [-0.05, 0) is 6.92 Å². The molecule has 0 atom stereocenters. The second-order valence-corrected chi connectivity index (χ2v) is 3.76. The van der Waals surface area contributed by atoms with Gasteiger partial charge >= 0.3 is 5.97 Å². The molecule has 0 radical (unpaired) electrons. The lowest BCUT2D eigenvalue weighted by Crippen LogP contribution is -2.10. The van der Waals surface area contributed by atoms with Crippen LogP contribution in [0.5, 0.6) is 0 Å². The summed E-state index contributed by atoms with van der Waals surface area (Å²) in [6, 6.07) is 0. The van der Waals surface area contributed by atoms with E-state index in [1.165, 1.54) is 18.1 Å². The van der Waals surface area contributed by atoms with E-state index in [1.807, 2.05) is 0 Å². The van der Waals surface area contributed by atoms with Crippen LogP contribution >= 0.6 is 0 Å². The zero-order chi connectivity index (χ0) is 14.7. The molecule has 0 aromatic carbocycles. The van der Waals surface area contributed by atoms with E-state index in [1.54, 1.807) is 6.92 Å². The number of aromatic amines is 2. The molecular weight excluding hydrogens is 266 g/mol. The van der Waals surface area contributed by atoms with Gasteiger partial charge in [0.2, 0.25) is 5.82 Å². The Bertz CT molecular complexity index is 709. The average Bonchev–Trinajstić information content (AvgIpc) is 2.95. The van der Waals surface area contributed by atoms with Crippen LogP contribution in [0.25, 0.3) is 0 Å². The van der Waals surface area contributed by atoms with Gasteiger partial charge in [0.25, 0.3) is 5.56 Å². The second kappa shape index (κ2) is 5.38. The van der Waals surface area contributed by atoms with Crippen molar-refractivity contribution < 1.29 is 9.53 Å². The minimum absolute atomic E-state index is 0.0195. The molecule has 2 heterocycles. The lowest BCUT2D eigenvalue weighted by Gasteiger charge is -1.98. The Morgan fingerprint density at radius 2 is 2.30 bits per heavy atom. The molecule has 0 bridgehead atoms. The first kappa shape index (κ1) is 13.5. The first-order chi connectivity index (χ1) is 9.54. The van der Waals surface area contributed by atoms with Gasteiger partial charge in [0.05, 0.1) is 12.9 Å². The number of hydrogen-bond donors (Lipinski definition) is 3. The summed E-state index contributed by atoms with van der Waals surface area (Å²) in [6.45, 7) is 1.90. The third-order valence-electron chi connectivity index (χ3n) is 2.39. The van der Waals surface area contributed by atoms with Gasteiger partial charge in [-0.25, -0.2) is 9.78 Å². The molecule has 2 aromatic rings. The summed E-state index contributed by atoms with van der Waals surface area (Å²) in [5.74, 6) is -0.505. The van der Waals surface area contributed by atoms with Gasteiger partial charge < -0.3 is 15.5 Å². The normalized spacial score (nSPS) is 11.1. The molecule has 0 amide bonds. The van der Waals surface area contributed by atoms with E-state index in [0.717, 1.165) is 0 Å². The number of aryl methyl sites for hydroxylation is 1. The van der Waals surface area contributed by atoms with Gasteiger partial charge in [0.1, 0.15) is 5.82 Å². The quantitative estimate of drug-likeness (QED) is 0.554. The van der Waals surface area contributed by atoms with E-state index < -0.39 is 11.5 Å². The van der Waals surface area contributed by atoms with Gasteiger partial charge in [0, 0.05) is 7.05 Å². The smallest absolute Gasteiger partial charge is 0.358 e. The number of carbonyl (C=O) groups is 1. The van der Waals surface area contributed by atoms with Gasteiger partial charge in [-0.15, -0.1) is 10.2 Å². The SMILES string of the molecule is CCOC(=O)c1[nH]cnc1N=Nc1c(N)[nH]n(C)c1=O. The summed E-state index contributed by atoms with van der Waals surface area (Å²) in [5, 5.41) is 10.0. The number of nitrogens with zero attached hydrogens (tertiary/aromatic N) is 4. The van der Waals surface area contributed by atoms with Crippen LogP contribution in [-0.4, -0.2) is 32.3 Å². The van der Waals surface area contributed by atoms with Gasteiger partial charge in [-0.3, -0.25) is 14.6 Å². The summed E-state index contributed by atoms with van der Waals surface area (Å²) in [7, 11) is 1.50. The largest absolute Gasteiger partial charge is 0.461 e. The predicted octanol–water partition coefficient (Wildman–Crippen LogP) is 0.611. The van der Waals surface area contributed by atoms with Crippen molar-refractivity contribution in [2.45, 2.75) is 6.92 Å². The number of imidazole rings is 1. The van der Waals surface area contributed by atoms with E-state index in [0.29, 0.717) is 0 Å². The number of esters is 1. The Hall–Kier alpha value is -2.91. The highest BCUT2D eigenvalue weighted by Gasteiger charge is 2.16. The Morgan fingerprint density at radius 1 is 1.55 bits per heavy atom. The monoisotopic (exact) mass is 279 g/mol. The molecule has 0 saturated heterocycles. The lowest BCUT2D eigenvalue weighted by molar-refractivity contribution is 0.0521. The standard InChI is InChI=1S/C10H13N7O3/c1-3-20-10(19)6-8(13-4-12-6)15-14-5-7(11)16-17(2)9(5)18/h4,16H,3,11H2,1-2H3,(H,12,13). The molecular formula is C10H13N7O3. The summed E-state index contributed by atoms with van der Waals surface area (Å²) in [5.41, 5.74) is 5.15. The van der Waals surface area contributed by atoms with Crippen LogP contribution in [0.3, 0.4) is 0 Å². The first-order valence-corrected chi connectivity index (χ1v) is 5.71. The summed E-state index contributed by atoms with van der Waals surface area (Å²) >= 11 is 0. The maximum Gasteiger partial charge on any atom is 0.358 e. The van der Waals surface area contributed by atoms with Gasteiger partial charge in [-0.1, -0.05) is 0 Å². The number of nitrogens with one attached hydrogen (secondary N) is 2. The highest BCUT2D eigenvalue weighted by Crippen LogP contribution is 2.20. The van der Waals surface area contributed by atoms with Crippen molar-refractivity contribution in [2.24, 2.45) is 17.3 Å². The number of rotatable bonds is 4. The molecule has 4 N–H and O–H groups in total. The number of nitrogens with two attached hydrogens (primary N) is 1. The Morgan fingerprint density at radius 3 is 2.90 bits per heavy atom. The highest BCUT2D eigenvalue weighted by atomic mass is 16.5. The fraction of sp³-hybridized carbons (Fsp3) is 0.300. The Kier molecular flexibility index (Phi) is 3.64. The third-order valence-corrected chi connectivity index (χ3v) is 2.39. The molecule has 10 nitrogen and oxygen atoms in total. The molecule has 0 unspecified atom stereocenters. The van der Waals surface area contributed by atoms with Crippen LogP contribution in [0, 0.1) is 0 Å². The number of nitrogen functional groups attached to an aromatic ring is 1. The molecule has 2 aromatic heterocycles. The van der Waals surface area contributed by atoms with Gasteiger partial charge in [-0.2, -0.15) is 0 Å². The zero-order valence-corrected chi connectivity index (χ0v) is 10.9. The number of H-pyrrole nitrogens is 2. The van der Waals surface area contributed by atoms with E-state index in [4.69, 9.17) is 10.5 Å².